The number of nitrogen functional groups attached to an aromatic ring is 1. The Morgan fingerprint density at radius 2 is 1.93 bits per heavy atom. The SMILES string of the molecule is Cc1cc(N)nn1C1CCCC1.Cl.Cl. The minimum absolute atomic E-state index is 0. The van der Waals surface area contributed by atoms with E-state index in [0.29, 0.717) is 11.9 Å². The van der Waals surface area contributed by atoms with Crippen molar-refractivity contribution >= 4 is 30.6 Å². The van der Waals surface area contributed by atoms with E-state index in [1.165, 1.54) is 31.4 Å². The molecule has 5 heteroatoms. The van der Waals surface area contributed by atoms with E-state index in [9.17, 15) is 0 Å². The van der Waals surface area contributed by atoms with Crippen LogP contribution in [-0.2, 0) is 0 Å². The van der Waals surface area contributed by atoms with Gasteiger partial charge in [-0.25, -0.2) is 0 Å². The van der Waals surface area contributed by atoms with Gasteiger partial charge in [-0.1, -0.05) is 12.8 Å². The molecule has 0 bridgehead atoms. The van der Waals surface area contributed by atoms with Gasteiger partial charge >= 0.3 is 0 Å². The first-order valence-electron chi connectivity index (χ1n) is 4.59. The summed E-state index contributed by atoms with van der Waals surface area (Å²) in [4.78, 5) is 0. The third-order valence-corrected chi connectivity index (χ3v) is 2.61. The van der Waals surface area contributed by atoms with E-state index in [4.69, 9.17) is 5.73 Å². The lowest BCUT2D eigenvalue weighted by atomic mass is 10.2. The van der Waals surface area contributed by atoms with Crippen molar-refractivity contribution < 1.29 is 0 Å². The molecule has 1 aliphatic rings. The summed E-state index contributed by atoms with van der Waals surface area (Å²) in [5.74, 6) is 0.652. The Labute approximate surface area is 96.9 Å². The lowest BCUT2D eigenvalue weighted by Crippen LogP contribution is -2.08. The summed E-state index contributed by atoms with van der Waals surface area (Å²) < 4.78 is 2.09. The molecule has 0 unspecified atom stereocenters. The highest BCUT2D eigenvalue weighted by Gasteiger charge is 2.18. The van der Waals surface area contributed by atoms with Crippen LogP contribution in [0.15, 0.2) is 6.07 Å². The van der Waals surface area contributed by atoms with Gasteiger partial charge < -0.3 is 5.73 Å². The minimum Gasteiger partial charge on any atom is -0.382 e. The zero-order valence-corrected chi connectivity index (χ0v) is 9.90. The van der Waals surface area contributed by atoms with Crippen LogP contribution < -0.4 is 5.73 Å². The van der Waals surface area contributed by atoms with Gasteiger partial charge in [0.05, 0.1) is 6.04 Å². The molecule has 3 nitrogen and oxygen atoms in total. The highest BCUT2D eigenvalue weighted by molar-refractivity contribution is 5.85. The normalized spacial score (nSPS) is 16.1. The number of nitrogens with two attached hydrogens (primary N) is 1. The average molecular weight is 238 g/mol. The Balaban J connectivity index is 0.000000845. The van der Waals surface area contributed by atoms with Crippen LogP contribution >= 0.6 is 24.8 Å². The molecule has 1 saturated carbocycles. The van der Waals surface area contributed by atoms with Crippen LogP contribution in [0.2, 0.25) is 0 Å². The Bertz CT molecular complexity index is 280. The quantitative estimate of drug-likeness (QED) is 0.817. The molecule has 1 aliphatic carbocycles. The Hall–Kier alpha value is -0.410. The second-order valence-corrected chi connectivity index (χ2v) is 3.59. The molecule has 0 aliphatic heterocycles. The van der Waals surface area contributed by atoms with Crippen molar-refractivity contribution in [1.82, 2.24) is 9.78 Å². The van der Waals surface area contributed by atoms with Crippen molar-refractivity contribution in [3.05, 3.63) is 11.8 Å². The molecule has 0 saturated heterocycles. The number of halogens is 2. The number of hydrogen-bond donors (Lipinski definition) is 1. The van der Waals surface area contributed by atoms with Crippen molar-refractivity contribution in [3.63, 3.8) is 0 Å². The first-order valence-corrected chi connectivity index (χ1v) is 4.59. The van der Waals surface area contributed by atoms with E-state index in [2.05, 4.69) is 16.7 Å². The van der Waals surface area contributed by atoms with Crippen LogP contribution in [0.25, 0.3) is 0 Å². The number of anilines is 1. The number of nitrogens with zero attached hydrogens (tertiary/aromatic N) is 2. The molecule has 0 radical (unpaired) electrons. The smallest absolute Gasteiger partial charge is 0.145 e. The van der Waals surface area contributed by atoms with E-state index in [-0.39, 0.29) is 24.8 Å². The van der Waals surface area contributed by atoms with Gasteiger partial charge in [0.25, 0.3) is 0 Å². The van der Waals surface area contributed by atoms with E-state index in [1.54, 1.807) is 0 Å². The highest BCUT2D eigenvalue weighted by Crippen LogP contribution is 2.30. The van der Waals surface area contributed by atoms with Crippen molar-refractivity contribution in [3.8, 4) is 0 Å². The summed E-state index contributed by atoms with van der Waals surface area (Å²) in [5.41, 5.74) is 6.81. The first-order chi connectivity index (χ1) is 5.77. The number of aromatic nitrogens is 2. The molecule has 1 aromatic rings. The maximum absolute atomic E-state index is 5.62. The summed E-state index contributed by atoms with van der Waals surface area (Å²) >= 11 is 0. The van der Waals surface area contributed by atoms with Crippen molar-refractivity contribution in [2.45, 2.75) is 38.6 Å². The molecule has 14 heavy (non-hydrogen) atoms. The lowest BCUT2D eigenvalue weighted by Gasteiger charge is -2.11. The zero-order valence-electron chi connectivity index (χ0n) is 8.27. The number of hydrogen-bond acceptors (Lipinski definition) is 2. The fraction of sp³-hybridized carbons (Fsp3) is 0.667. The Morgan fingerprint density at radius 1 is 1.36 bits per heavy atom. The van der Waals surface area contributed by atoms with Crippen LogP contribution in [0.4, 0.5) is 5.82 Å². The van der Waals surface area contributed by atoms with Crippen LogP contribution in [0.5, 0.6) is 0 Å². The molecule has 82 valence electrons. The molecule has 1 fully saturated rings. The average Bonchev–Trinajstić information content (AvgIpc) is 2.58. The molecule has 0 spiro atoms. The van der Waals surface area contributed by atoms with Gasteiger partial charge in [0.2, 0.25) is 0 Å². The maximum Gasteiger partial charge on any atom is 0.145 e. The predicted molar refractivity (Wildman–Crippen MR) is 63.4 cm³/mol. The van der Waals surface area contributed by atoms with Crippen LogP contribution in [0.3, 0.4) is 0 Å². The first kappa shape index (κ1) is 13.6. The summed E-state index contributed by atoms with van der Waals surface area (Å²) in [7, 11) is 0. The van der Waals surface area contributed by atoms with Gasteiger partial charge in [-0.05, 0) is 19.8 Å². The predicted octanol–water partition coefficient (Wildman–Crippen LogP) is 2.73. The molecule has 0 atom stereocenters. The fourth-order valence-electron chi connectivity index (χ4n) is 2.03. The van der Waals surface area contributed by atoms with E-state index in [1.807, 2.05) is 6.07 Å². The van der Waals surface area contributed by atoms with E-state index in [0.717, 1.165) is 0 Å². The molecule has 0 aromatic carbocycles. The standard InChI is InChI=1S/C9H15N3.2ClH/c1-7-6-9(10)11-12(7)8-4-2-3-5-8;;/h6,8H,2-5H2,1H3,(H2,10,11);2*1H. The summed E-state index contributed by atoms with van der Waals surface area (Å²) in [6, 6.07) is 2.56. The van der Waals surface area contributed by atoms with E-state index < -0.39 is 0 Å². The summed E-state index contributed by atoms with van der Waals surface area (Å²) in [5, 5.41) is 4.29. The van der Waals surface area contributed by atoms with Gasteiger partial charge in [0.15, 0.2) is 0 Å². The third kappa shape index (κ3) is 2.55. The fourth-order valence-corrected chi connectivity index (χ4v) is 2.03. The summed E-state index contributed by atoms with van der Waals surface area (Å²) in [6.07, 6.45) is 5.21. The Kier molecular flexibility index (Phi) is 5.31. The van der Waals surface area contributed by atoms with Crippen LogP contribution in [0, 0.1) is 6.92 Å². The summed E-state index contributed by atoms with van der Waals surface area (Å²) in [6.45, 7) is 2.07. The van der Waals surface area contributed by atoms with Gasteiger partial charge in [-0.3, -0.25) is 4.68 Å². The largest absolute Gasteiger partial charge is 0.382 e. The Morgan fingerprint density at radius 3 is 2.36 bits per heavy atom. The minimum atomic E-state index is 0. The molecular formula is C9H17Cl2N3. The molecule has 1 heterocycles. The molecule has 0 amide bonds. The second kappa shape index (κ2) is 5.47. The molecular weight excluding hydrogens is 221 g/mol. The molecule has 2 rings (SSSR count). The monoisotopic (exact) mass is 237 g/mol. The van der Waals surface area contributed by atoms with Crippen molar-refractivity contribution in [2.24, 2.45) is 0 Å². The molecule has 2 N–H and O–H groups in total. The van der Waals surface area contributed by atoms with Crippen LogP contribution in [-0.4, -0.2) is 9.78 Å². The maximum atomic E-state index is 5.62. The van der Waals surface area contributed by atoms with Gasteiger partial charge in [-0.15, -0.1) is 24.8 Å². The van der Waals surface area contributed by atoms with Crippen LogP contribution in [0.1, 0.15) is 37.4 Å². The van der Waals surface area contributed by atoms with Gasteiger partial charge in [0, 0.05) is 11.8 Å². The van der Waals surface area contributed by atoms with Crippen molar-refractivity contribution in [2.75, 3.05) is 5.73 Å². The topological polar surface area (TPSA) is 43.8 Å². The molecule has 1 aromatic heterocycles. The van der Waals surface area contributed by atoms with Crippen molar-refractivity contribution in [1.29, 1.82) is 0 Å². The van der Waals surface area contributed by atoms with Gasteiger partial charge in [-0.2, -0.15) is 5.10 Å². The third-order valence-electron chi connectivity index (χ3n) is 2.61. The zero-order chi connectivity index (χ0) is 8.55. The number of rotatable bonds is 1. The second-order valence-electron chi connectivity index (χ2n) is 3.59. The lowest BCUT2D eigenvalue weighted by molar-refractivity contribution is 0.458. The van der Waals surface area contributed by atoms with Gasteiger partial charge in [0.1, 0.15) is 5.82 Å². The number of aryl methyl sites for hydroxylation is 1. The van der Waals surface area contributed by atoms with E-state index >= 15 is 0 Å². The highest BCUT2D eigenvalue weighted by atomic mass is 35.5.